The summed E-state index contributed by atoms with van der Waals surface area (Å²) in [4.78, 5) is 0. The molecule has 0 unspecified atom stereocenters. The average Bonchev–Trinajstić information content (AvgIpc) is 2.79. The van der Waals surface area contributed by atoms with Gasteiger partial charge in [-0.25, -0.2) is 12.7 Å². The van der Waals surface area contributed by atoms with Crippen molar-refractivity contribution in [3.05, 3.63) is 22.4 Å². The van der Waals surface area contributed by atoms with E-state index in [0.29, 0.717) is 0 Å². The van der Waals surface area contributed by atoms with Gasteiger partial charge in [-0.3, -0.25) is 0 Å². The molecule has 4 nitrogen and oxygen atoms in total. The Morgan fingerprint density at radius 2 is 2.11 bits per heavy atom. The third-order valence-electron chi connectivity index (χ3n) is 3.02. The van der Waals surface area contributed by atoms with Gasteiger partial charge in [0, 0.05) is 20.2 Å². The van der Waals surface area contributed by atoms with Crippen LogP contribution in [0.3, 0.4) is 0 Å². The van der Waals surface area contributed by atoms with Gasteiger partial charge in [-0.1, -0.05) is 0 Å². The van der Waals surface area contributed by atoms with Crippen molar-refractivity contribution in [3.63, 3.8) is 0 Å². The fourth-order valence-electron chi connectivity index (χ4n) is 1.63. The van der Waals surface area contributed by atoms with Crippen LogP contribution in [-0.4, -0.2) is 44.8 Å². The van der Waals surface area contributed by atoms with Crippen LogP contribution in [-0.2, 0) is 21.2 Å². The van der Waals surface area contributed by atoms with E-state index in [0.717, 1.165) is 6.42 Å². The molecule has 0 amide bonds. The van der Waals surface area contributed by atoms with Crippen molar-refractivity contribution in [3.8, 4) is 0 Å². The first kappa shape index (κ1) is 15.6. The maximum Gasteiger partial charge on any atom is 0.216 e. The predicted octanol–water partition coefficient (Wildman–Crippen LogP) is 1.98. The zero-order valence-corrected chi connectivity index (χ0v) is 12.9. The van der Waals surface area contributed by atoms with E-state index in [1.165, 1.54) is 17.0 Å². The number of likely N-dealkylation sites (N-methyl/N-ethyl adjacent to an activating group) is 1. The molecule has 1 aromatic rings. The minimum absolute atomic E-state index is 0.0218. The smallest absolute Gasteiger partial charge is 0.216 e. The van der Waals surface area contributed by atoms with E-state index >= 15 is 0 Å². The minimum Gasteiger partial charge on any atom is -0.381 e. The Kier molecular flexibility index (Phi) is 5.78. The van der Waals surface area contributed by atoms with Crippen molar-refractivity contribution in [1.29, 1.82) is 0 Å². The summed E-state index contributed by atoms with van der Waals surface area (Å²) < 4.78 is 30.7. The Hall–Kier alpha value is -0.430. The fourth-order valence-corrected chi connectivity index (χ4v) is 3.90. The highest BCUT2D eigenvalue weighted by Gasteiger charge is 2.25. The molecule has 104 valence electrons. The summed E-state index contributed by atoms with van der Waals surface area (Å²) in [6, 6.07) is 1.98. The number of nitrogens with zero attached hydrogens (tertiary/aromatic N) is 1. The highest BCUT2D eigenvalue weighted by Crippen LogP contribution is 2.14. The van der Waals surface area contributed by atoms with Gasteiger partial charge in [0.15, 0.2) is 0 Å². The predicted molar refractivity (Wildman–Crippen MR) is 75.5 cm³/mol. The van der Waals surface area contributed by atoms with Crippen molar-refractivity contribution >= 4 is 21.4 Å². The van der Waals surface area contributed by atoms with E-state index in [-0.39, 0.29) is 17.9 Å². The Balaban J connectivity index is 2.64. The number of hydrogen-bond acceptors (Lipinski definition) is 4. The largest absolute Gasteiger partial charge is 0.381 e. The van der Waals surface area contributed by atoms with Crippen molar-refractivity contribution in [1.82, 2.24) is 4.31 Å². The molecule has 18 heavy (non-hydrogen) atoms. The molecular formula is C12H21NO3S2. The molecule has 0 spiro atoms. The zero-order valence-electron chi connectivity index (χ0n) is 11.3. The molecule has 1 rings (SSSR count). The molecular weight excluding hydrogens is 270 g/mol. The molecule has 0 aliphatic carbocycles. The Bertz CT molecular complexity index is 442. The van der Waals surface area contributed by atoms with E-state index in [1.54, 1.807) is 25.3 Å². The summed E-state index contributed by atoms with van der Waals surface area (Å²) in [6.07, 6.45) is 0.450. The van der Waals surface area contributed by atoms with Gasteiger partial charge in [0.25, 0.3) is 0 Å². The molecule has 0 saturated heterocycles. The lowest BCUT2D eigenvalue weighted by atomic mass is 10.1. The van der Waals surface area contributed by atoms with Gasteiger partial charge in [0.05, 0.1) is 11.9 Å². The van der Waals surface area contributed by atoms with E-state index < -0.39 is 10.0 Å². The molecule has 0 fully saturated rings. The molecule has 1 aromatic heterocycles. The van der Waals surface area contributed by atoms with Gasteiger partial charge in [-0.2, -0.15) is 11.3 Å². The normalized spacial score (nSPS) is 15.8. The van der Waals surface area contributed by atoms with Crippen LogP contribution in [0.15, 0.2) is 16.8 Å². The standard InChI is InChI=1S/C12H21NO3S2/c1-10(7-12-5-6-17-8-12)13(3)18(14,15)9-11(2)16-4/h5-6,8,10-11H,7,9H2,1-4H3/t10-,11-/m0/s1. The maximum absolute atomic E-state index is 12.1. The Morgan fingerprint density at radius 1 is 1.44 bits per heavy atom. The lowest BCUT2D eigenvalue weighted by molar-refractivity contribution is 0.135. The highest BCUT2D eigenvalue weighted by molar-refractivity contribution is 7.89. The number of ether oxygens (including phenoxy) is 1. The molecule has 0 N–H and O–H groups in total. The van der Waals surface area contributed by atoms with E-state index in [4.69, 9.17) is 4.74 Å². The van der Waals surface area contributed by atoms with Crippen molar-refractivity contribution in [2.24, 2.45) is 0 Å². The van der Waals surface area contributed by atoms with Crippen molar-refractivity contribution < 1.29 is 13.2 Å². The molecule has 0 aliphatic rings. The number of hydrogen-bond donors (Lipinski definition) is 0. The van der Waals surface area contributed by atoms with Crippen LogP contribution in [0.4, 0.5) is 0 Å². The lowest BCUT2D eigenvalue weighted by Gasteiger charge is -2.25. The average molecular weight is 291 g/mol. The maximum atomic E-state index is 12.1. The van der Waals surface area contributed by atoms with Gasteiger partial charge < -0.3 is 4.74 Å². The third-order valence-corrected chi connectivity index (χ3v) is 5.88. The molecule has 0 bridgehead atoms. The van der Waals surface area contributed by atoms with E-state index in [2.05, 4.69) is 5.38 Å². The second kappa shape index (κ2) is 6.65. The number of sulfonamides is 1. The second-order valence-electron chi connectivity index (χ2n) is 4.53. The second-order valence-corrected chi connectivity index (χ2v) is 7.38. The number of methoxy groups -OCH3 is 1. The van der Waals surface area contributed by atoms with Gasteiger partial charge in [-0.15, -0.1) is 0 Å². The number of rotatable bonds is 7. The van der Waals surface area contributed by atoms with E-state index in [1.807, 2.05) is 18.4 Å². The van der Waals surface area contributed by atoms with Crippen molar-refractivity contribution in [2.75, 3.05) is 19.9 Å². The first-order chi connectivity index (χ1) is 8.36. The van der Waals surface area contributed by atoms with Gasteiger partial charge >= 0.3 is 0 Å². The molecule has 2 atom stereocenters. The van der Waals surface area contributed by atoms with Crippen LogP contribution in [0.1, 0.15) is 19.4 Å². The van der Waals surface area contributed by atoms with Crippen LogP contribution in [0.5, 0.6) is 0 Å². The van der Waals surface area contributed by atoms with Crippen molar-refractivity contribution in [2.45, 2.75) is 32.4 Å². The van der Waals surface area contributed by atoms with Crippen LogP contribution in [0.25, 0.3) is 0 Å². The fraction of sp³-hybridized carbons (Fsp3) is 0.667. The summed E-state index contributed by atoms with van der Waals surface area (Å²) in [5, 5.41) is 4.05. The summed E-state index contributed by atoms with van der Waals surface area (Å²) in [6.45, 7) is 3.68. The van der Waals surface area contributed by atoms with Crippen LogP contribution in [0.2, 0.25) is 0 Å². The summed E-state index contributed by atoms with van der Waals surface area (Å²) in [7, 11) is -0.106. The highest BCUT2D eigenvalue weighted by atomic mass is 32.2. The Morgan fingerprint density at radius 3 is 2.61 bits per heavy atom. The summed E-state index contributed by atoms with van der Waals surface area (Å²) in [5.41, 5.74) is 1.18. The summed E-state index contributed by atoms with van der Waals surface area (Å²) in [5.74, 6) is 0.0218. The van der Waals surface area contributed by atoms with Crippen LogP contribution < -0.4 is 0 Å². The topological polar surface area (TPSA) is 46.6 Å². The monoisotopic (exact) mass is 291 g/mol. The quantitative estimate of drug-likeness (QED) is 0.771. The molecule has 6 heteroatoms. The number of thiophene rings is 1. The SMILES string of the molecule is CO[C@@H](C)CS(=O)(=O)N(C)[C@@H](C)Cc1ccsc1. The molecule has 0 saturated carbocycles. The van der Waals surface area contributed by atoms with Crippen LogP contribution in [0, 0.1) is 0 Å². The van der Waals surface area contributed by atoms with Gasteiger partial charge in [-0.05, 0) is 42.7 Å². The molecule has 0 aliphatic heterocycles. The molecule has 1 heterocycles. The van der Waals surface area contributed by atoms with E-state index in [9.17, 15) is 8.42 Å². The molecule has 0 radical (unpaired) electrons. The van der Waals surface area contributed by atoms with Crippen LogP contribution >= 0.6 is 11.3 Å². The third kappa shape index (κ3) is 4.35. The Labute approximate surface area is 114 Å². The lowest BCUT2D eigenvalue weighted by Crippen LogP contribution is -2.40. The van der Waals surface area contributed by atoms with Gasteiger partial charge in [0.2, 0.25) is 10.0 Å². The first-order valence-corrected chi connectivity index (χ1v) is 8.41. The van der Waals surface area contributed by atoms with Gasteiger partial charge in [0.1, 0.15) is 0 Å². The summed E-state index contributed by atoms with van der Waals surface area (Å²) >= 11 is 1.63. The molecule has 0 aromatic carbocycles. The first-order valence-electron chi connectivity index (χ1n) is 5.86. The minimum atomic E-state index is -3.26. The zero-order chi connectivity index (χ0) is 13.8.